The Kier molecular flexibility index (Phi) is 5.88. The van der Waals surface area contributed by atoms with E-state index in [2.05, 4.69) is 15.4 Å². The van der Waals surface area contributed by atoms with Gasteiger partial charge in [0.05, 0.1) is 23.5 Å². The van der Waals surface area contributed by atoms with Gasteiger partial charge < -0.3 is 15.2 Å². The predicted octanol–water partition coefficient (Wildman–Crippen LogP) is 0.658. The number of aryl methyl sites for hydroxylation is 3. The topological polar surface area (TPSA) is 123 Å². The van der Waals surface area contributed by atoms with Crippen LogP contribution in [0.4, 0.5) is 0 Å². The first kappa shape index (κ1) is 19.7. The van der Waals surface area contributed by atoms with E-state index in [0.29, 0.717) is 32.4 Å². The van der Waals surface area contributed by atoms with Gasteiger partial charge in [0.2, 0.25) is 0 Å². The Balaban J connectivity index is 2.35. The molecule has 0 aliphatic rings. The molecule has 1 unspecified atom stereocenters. The van der Waals surface area contributed by atoms with Crippen molar-refractivity contribution in [2.45, 2.75) is 26.9 Å². The number of methoxy groups -OCH3 is 1. The lowest BCUT2D eigenvalue weighted by Crippen LogP contribution is -2.37. The van der Waals surface area contributed by atoms with E-state index in [1.807, 2.05) is 0 Å². The third-order valence-electron chi connectivity index (χ3n) is 3.95. The summed E-state index contributed by atoms with van der Waals surface area (Å²) in [4.78, 5) is 40.4. The lowest BCUT2D eigenvalue weighted by atomic mass is 10.1. The number of hydrogen-bond donors (Lipinski definition) is 2. The van der Waals surface area contributed by atoms with Gasteiger partial charge in [-0.05, 0) is 26.3 Å². The van der Waals surface area contributed by atoms with Gasteiger partial charge in [-0.15, -0.1) is 11.3 Å². The minimum atomic E-state index is -1.17. The summed E-state index contributed by atoms with van der Waals surface area (Å²) in [5.41, 5.74) is 1.98. The normalized spacial score (nSPS) is 12.0. The summed E-state index contributed by atoms with van der Waals surface area (Å²) < 4.78 is 6.02. The molecule has 0 bridgehead atoms. The number of thiazole rings is 1. The summed E-state index contributed by atoms with van der Waals surface area (Å²) in [5.74, 6) is -1.63. The molecule has 1 atom stereocenters. The number of hydrogen-bond acceptors (Lipinski definition) is 7. The van der Waals surface area contributed by atoms with Crippen LogP contribution in [0.2, 0.25) is 0 Å². The number of aromatic nitrogens is 3. The number of ether oxygens (including phenoxy) is 1. The molecular weight excluding hydrogens is 360 g/mol. The summed E-state index contributed by atoms with van der Waals surface area (Å²) in [6.07, 6.45) is -1.14. The van der Waals surface area contributed by atoms with Crippen LogP contribution in [0.1, 0.15) is 26.6 Å². The molecule has 2 aromatic rings. The molecule has 0 aliphatic carbocycles. The molecule has 0 aromatic carbocycles. The molecule has 0 saturated carbocycles. The van der Waals surface area contributed by atoms with Gasteiger partial charge in [-0.1, -0.05) is 0 Å². The van der Waals surface area contributed by atoms with Crippen LogP contribution in [-0.4, -0.2) is 51.5 Å². The first-order valence-corrected chi connectivity index (χ1v) is 8.55. The predicted molar refractivity (Wildman–Crippen MR) is 95.6 cm³/mol. The van der Waals surface area contributed by atoms with Crippen molar-refractivity contribution < 1.29 is 19.4 Å². The zero-order chi connectivity index (χ0) is 19.6. The van der Waals surface area contributed by atoms with Crippen molar-refractivity contribution in [3.8, 4) is 10.6 Å². The van der Waals surface area contributed by atoms with Gasteiger partial charge in [0, 0.05) is 14.2 Å². The van der Waals surface area contributed by atoms with Crippen molar-refractivity contribution in [2.75, 3.05) is 13.7 Å². The summed E-state index contributed by atoms with van der Waals surface area (Å²) in [6.45, 7) is 5.06. The van der Waals surface area contributed by atoms with Gasteiger partial charge in [0.15, 0.2) is 6.10 Å². The van der Waals surface area contributed by atoms with Crippen LogP contribution in [0.5, 0.6) is 0 Å². The fourth-order valence-corrected chi connectivity index (χ4v) is 3.43. The number of nitrogens with zero attached hydrogens (tertiary/aromatic N) is 3. The second kappa shape index (κ2) is 7.75. The maximum atomic E-state index is 12.4. The Morgan fingerprint density at radius 3 is 2.54 bits per heavy atom. The molecule has 26 heavy (non-hydrogen) atoms. The van der Waals surface area contributed by atoms with Crippen LogP contribution >= 0.6 is 11.3 Å². The molecular formula is C16H20N4O5S. The highest BCUT2D eigenvalue weighted by molar-refractivity contribution is 7.17. The van der Waals surface area contributed by atoms with Crippen LogP contribution in [0.15, 0.2) is 4.79 Å². The largest absolute Gasteiger partial charge is 0.479 e. The minimum Gasteiger partial charge on any atom is -0.479 e. The molecule has 2 aromatic heterocycles. The van der Waals surface area contributed by atoms with Crippen LogP contribution in [0.3, 0.4) is 0 Å². The number of carbonyl (C=O) groups is 2. The Morgan fingerprint density at radius 1 is 1.31 bits per heavy atom. The molecule has 0 aliphatic heterocycles. The van der Waals surface area contributed by atoms with Gasteiger partial charge in [-0.25, -0.2) is 14.5 Å². The Labute approximate surface area is 153 Å². The monoisotopic (exact) mass is 380 g/mol. The van der Waals surface area contributed by atoms with Crippen LogP contribution in [0, 0.1) is 20.8 Å². The van der Waals surface area contributed by atoms with Crippen molar-refractivity contribution in [2.24, 2.45) is 7.05 Å². The van der Waals surface area contributed by atoms with E-state index in [1.54, 1.807) is 27.8 Å². The van der Waals surface area contributed by atoms with Crippen LogP contribution in [-0.2, 0) is 16.6 Å². The second-order valence-corrected chi connectivity index (χ2v) is 6.72. The summed E-state index contributed by atoms with van der Waals surface area (Å²) in [5, 5.41) is 16.0. The van der Waals surface area contributed by atoms with E-state index in [1.165, 1.54) is 11.8 Å². The standard InChI is InChI=1S/C16H20N4O5S/c1-7-8(2)19-20(4)15(22)11(7)14-18-9(3)12(26-14)13(21)17-6-10(25-5)16(23)24/h10H,6H2,1-5H3,(H,17,21)(H,23,24). The molecule has 0 spiro atoms. The average Bonchev–Trinajstić information content (AvgIpc) is 2.95. The van der Waals surface area contributed by atoms with Gasteiger partial charge in [-0.2, -0.15) is 5.10 Å². The molecule has 9 nitrogen and oxygen atoms in total. The zero-order valence-corrected chi connectivity index (χ0v) is 15.9. The number of nitrogens with one attached hydrogen (secondary N) is 1. The summed E-state index contributed by atoms with van der Waals surface area (Å²) >= 11 is 1.08. The van der Waals surface area contributed by atoms with E-state index in [4.69, 9.17) is 9.84 Å². The van der Waals surface area contributed by atoms with Crippen LogP contribution < -0.4 is 10.9 Å². The molecule has 2 N–H and O–H groups in total. The number of rotatable bonds is 6. The van der Waals surface area contributed by atoms with Gasteiger partial charge in [-0.3, -0.25) is 9.59 Å². The van der Waals surface area contributed by atoms with E-state index < -0.39 is 18.0 Å². The van der Waals surface area contributed by atoms with Crippen molar-refractivity contribution in [3.05, 3.63) is 32.2 Å². The minimum absolute atomic E-state index is 0.174. The number of carboxylic acids is 1. The van der Waals surface area contributed by atoms with Crippen LogP contribution in [0.25, 0.3) is 10.6 Å². The quantitative estimate of drug-likeness (QED) is 0.754. The molecule has 2 heterocycles. The average molecular weight is 380 g/mol. The lowest BCUT2D eigenvalue weighted by molar-refractivity contribution is -0.148. The highest BCUT2D eigenvalue weighted by Crippen LogP contribution is 2.28. The highest BCUT2D eigenvalue weighted by atomic mass is 32.1. The van der Waals surface area contributed by atoms with E-state index >= 15 is 0 Å². The van der Waals surface area contributed by atoms with Gasteiger partial charge in [0.25, 0.3) is 11.5 Å². The molecule has 10 heteroatoms. The van der Waals surface area contributed by atoms with E-state index in [-0.39, 0.29) is 12.1 Å². The molecule has 140 valence electrons. The SMILES string of the molecule is COC(CNC(=O)c1sc(-c2c(C)c(C)nn(C)c2=O)nc1C)C(=O)O. The van der Waals surface area contributed by atoms with Gasteiger partial charge in [0.1, 0.15) is 9.88 Å². The molecule has 2 rings (SSSR count). The Hall–Kier alpha value is -2.59. The zero-order valence-electron chi connectivity index (χ0n) is 15.1. The van der Waals surface area contributed by atoms with Crippen molar-refractivity contribution in [1.82, 2.24) is 20.1 Å². The summed E-state index contributed by atoms with van der Waals surface area (Å²) in [7, 11) is 2.81. The fourth-order valence-electron chi connectivity index (χ4n) is 2.35. The first-order valence-electron chi connectivity index (χ1n) is 7.73. The molecule has 0 radical (unpaired) electrons. The van der Waals surface area contributed by atoms with Crippen molar-refractivity contribution in [1.29, 1.82) is 0 Å². The maximum absolute atomic E-state index is 12.4. The smallest absolute Gasteiger partial charge is 0.334 e. The number of aliphatic carboxylic acids is 1. The summed E-state index contributed by atoms with van der Waals surface area (Å²) in [6, 6.07) is 0. The Morgan fingerprint density at radius 2 is 1.96 bits per heavy atom. The third-order valence-corrected chi connectivity index (χ3v) is 5.12. The molecule has 0 fully saturated rings. The fraction of sp³-hybridized carbons (Fsp3) is 0.438. The van der Waals surface area contributed by atoms with Crippen molar-refractivity contribution >= 4 is 23.2 Å². The van der Waals surface area contributed by atoms with E-state index in [0.717, 1.165) is 11.3 Å². The van der Waals surface area contributed by atoms with Crippen molar-refractivity contribution in [3.63, 3.8) is 0 Å². The third kappa shape index (κ3) is 3.81. The number of amides is 1. The Bertz CT molecular complexity index is 918. The molecule has 0 saturated heterocycles. The maximum Gasteiger partial charge on any atom is 0.334 e. The highest BCUT2D eigenvalue weighted by Gasteiger charge is 2.23. The lowest BCUT2D eigenvalue weighted by Gasteiger charge is -2.10. The number of carboxylic acid groups (broad SMARTS) is 1. The first-order chi connectivity index (χ1) is 12.2. The second-order valence-electron chi connectivity index (χ2n) is 5.72. The van der Waals surface area contributed by atoms with Gasteiger partial charge >= 0.3 is 5.97 Å². The molecule has 1 amide bonds. The number of carbonyl (C=O) groups excluding carboxylic acids is 1. The van der Waals surface area contributed by atoms with E-state index in [9.17, 15) is 14.4 Å².